The van der Waals surface area contributed by atoms with Gasteiger partial charge in [0.05, 0.1) is 0 Å². The van der Waals surface area contributed by atoms with Crippen molar-refractivity contribution in [2.45, 2.75) is 13.2 Å². The van der Waals surface area contributed by atoms with E-state index < -0.39 is 12.2 Å². The van der Waals surface area contributed by atoms with E-state index in [0.29, 0.717) is 11.4 Å². The van der Waals surface area contributed by atoms with Gasteiger partial charge in [0, 0.05) is 11.4 Å². The predicted octanol–water partition coefficient (Wildman–Crippen LogP) is 10.8. The average molecular weight is 629 g/mol. The van der Waals surface area contributed by atoms with Crippen molar-refractivity contribution in [3.8, 4) is 22.3 Å². The Labute approximate surface area is 278 Å². The van der Waals surface area contributed by atoms with E-state index in [1.54, 1.807) is 0 Å². The second-order valence-electron chi connectivity index (χ2n) is 11.4. The Balaban J connectivity index is 1.29. The number of anilines is 2. The Morgan fingerprint density at radius 2 is 0.896 bits per heavy atom. The Morgan fingerprint density at radius 1 is 0.417 bits per heavy atom. The molecular weight excluding hydrogens is 596 g/mol. The highest BCUT2D eigenvalue weighted by molar-refractivity contribution is 6.22. The van der Waals surface area contributed by atoms with Crippen LogP contribution >= 0.6 is 0 Å². The van der Waals surface area contributed by atoms with Crippen molar-refractivity contribution in [2.75, 3.05) is 10.6 Å². The molecule has 0 saturated carbocycles. The molecule has 0 radical (unpaired) electrons. The molecule has 7 aromatic rings. The lowest BCUT2D eigenvalue weighted by atomic mass is 9.85. The number of nitrogens with one attached hydrogen (secondary N) is 2. The lowest BCUT2D eigenvalue weighted by Crippen LogP contribution is -2.13. The van der Waals surface area contributed by atoms with Crippen LogP contribution in [0.5, 0.6) is 0 Å². The normalized spacial score (nSPS) is 10.8. The summed E-state index contributed by atoms with van der Waals surface area (Å²) >= 11 is 0. The highest BCUT2D eigenvalue weighted by Crippen LogP contribution is 2.45. The highest BCUT2D eigenvalue weighted by atomic mass is 16.6. The van der Waals surface area contributed by atoms with Crippen LogP contribution in [0, 0.1) is 0 Å². The van der Waals surface area contributed by atoms with Crippen molar-refractivity contribution < 1.29 is 19.1 Å². The number of rotatable bonds is 8. The molecule has 0 spiro atoms. The summed E-state index contributed by atoms with van der Waals surface area (Å²) in [6, 6.07) is 51.4. The van der Waals surface area contributed by atoms with Crippen molar-refractivity contribution in [1.29, 1.82) is 0 Å². The fourth-order valence-electron chi connectivity index (χ4n) is 5.98. The largest absolute Gasteiger partial charge is 0.444 e. The van der Waals surface area contributed by atoms with Crippen molar-refractivity contribution in [3.63, 3.8) is 0 Å². The Morgan fingerprint density at radius 3 is 1.52 bits per heavy atom. The summed E-state index contributed by atoms with van der Waals surface area (Å²) in [5.74, 6) is 0. The van der Waals surface area contributed by atoms with Crippen LogP contribution in [0.2, 0.25) is 0 Å². The van der Waals surface area contributed by atoms with Crippen LogP contribution in [0.15, 0.2) is 158 Å². The first-order valence-corrected chi connectivity index (χ1v) is 15.7. The number of ether oxygens (including phenoxy) is 2. The fourth-order valence-corrected chi connectivity index (χ4v) is 5.98. The second kappa shape index (κ2) is 13.9. The number of hydrogen-bond donors (Lipinski definition) is 2. The van der Waals surface area contributed by atoms with Crippen LogP contribution in [0.1, 0.15) is 11.1 Å². The molecule has 0 atom stereocenters. The summed E-state index contributed by atoms with van der Waals surface area (Å²) in [5, 5.41) is 9.97. The number of carbonyl (C=O) groups is 2. The second-order valence-corrected chi connectivity index (χ2v) is 11.4. The average Bonchev–Trinajstić information content (AvgIpc) is 3.14. The molecule has 234 valence electrons. The van der Waals surface area contributed by atoms with Crippen LogP contribution < -0.4 is 10.6 Å². The quantitative estimate of drug-likeness (QED) is 0.164. The maximum Gasteiger partial charge on any atom is 0.411 e. The van der Waals surface area contributed by atoms with E-state index in [1.807, 2.05) is 133 Å². The van der Waals surface area contributed by atoms with Gasteiger partial charge < -0.3 is 9.47 Å². The van der Waals surface area contributed by atoms with E-state index in [4.69, 9.17) is 9.47 Å². The van der Waals surface area contributed by atoms with Gasteiger partial charge in [0.25, 0.3) is 0 Å². The first kappa shape index (κ1) is 30.3. The monoisotopic (exact) mass is 628 g/mol. The first-order chi connectivity index (χ1) is 23.6. The summed E-state index contributed by atoms with van der Waals surface area (Å²) in [5.41, 5.74) is 6.99. The van der Waals surface area contributed by atoms with Crippen LogP contribution in [-0.2, 0) is 22.7 Å². The van der Waals surface area contributed by atoms with Gasteiger partial charge in [-0.15, -0.1) is 0 Å². The van der Waals surface area contributed by atoms with E-state index in [-0.39, 0.29) is 13.2 Å². The Bertz CT molecular complexity index is 2220. The summed E-state index contributed by atoms with van der Waals surface area (Å²) in [4.78, 5) is 25.7. The lowest BCUT2D eigenvalue weighted by molar-refractivity contribution is 0.154. The summed E-state index contributed by atoms with van der Waals surface area (Å²) < 4.78 is 11.0. The maximum absolute atomic E-state index is 12.9. The van der Waals surface area contributed by atoms with Crippen LogP contribution in [0.3, 0.4) is 0 Å². The molecule has 0 saturated heterocycles. The molecule has 0 unspecified atom stereocenters. The van der Waals surface area contributed by atoms with E-state index in [2.05, 4.69) is 34.9 Å². The van der Waals surface area contributed by atoms with Gasteiger partial charge in [-0.3, -0.25) is 10.6 Å². The molecule has 48 heavy (non-hydrogen) atoms. The van der Waals surface area contributed by atoms with Gasteiger partial charge in [0.15, 0.2) is 0 Å². The molecule has 0 heterocycles. The van der Waals surface area contributed by atoms with Gasteiger partial charge >= 0.3 is 12.2 Å². The lowest BCUT2D eigenvalue weighted by Gasteiger charge is -2.20. The van der Waals surface area contributed by atoms with Gasteiger partial charge in [0.2, 0.25) is 0 Å². The van der Waals surface area contributed by atoms with Crippen LogP contribution in [0.4, 0.5) is 21.0 Å². The van der Waals surface area contributed by atoms with Crippen LogP contribution in [-0.4, -0.2) is 12.2 Å². The zero-order valence-electron chi connectivity index (χ0n) is 26.1. The van der Waals surface area contributed by atoms with Gasteiger partial charge in [-0.05, 0) is 79.2 Å². The zero-order chi connectivity index (χ0) is 32.7. The molecule has 0 aliphatic carbocycles. The number of fused-ring (bicyclic) bond motifs is 3. The zero-order valence-corrected chi connectivity index (χ0v) is 26.1. The summed E-state index contributed by atoms with van der Waals surface area (Å²) in [6.45, 7) is 0.339. The molecule has 0 bridgehead atoms. The minimum atomic E-state index is -0.539. The topological polar surface area (TPSA) is 76.7 Å². The van der Waals surface area contributed by atoms with E-state index in [0.717, 1.165) is 54.9 Å². The minimum Gasteiger partial charge on any atom is -0.444 e. The van der Waals surface area contributed by atoms with E-state index in [9.17, 15) is 9.59 Å². The minimum absolute atomic E-state index is 0.169. The van der Waals surface area contributed by atoms with E-state index >= 15 is 0 Å². The number of carbonyl (C=O) groups excluding carboxylic acids is 2. The number of amides is 2. The summed E-state index contributed by atoms with van der Waals surface area (Å²) in [6.07, 6.45) is -1.08. The molecular formula is C42H32N2O4. The number of hydrogen-bond acceptors (Lipinski definition) is 4. The van der Waals surface area contributed by atoms with Gasteiger partial charge in [-0.1, -0.05) is 133 Å². The third-order valence-electron chi connectivity index (χ3n) is 8.16. The molecule has 7 rings (SSSR count). The van der Waals surface area contributed by atoms with Crippen molar-refractivity contribution in [1.82, 2.24) is 0 Å². The molecule has 0 fully saturated rings. The van der Waals surface area contributed by atoms with Gasteiger partial charge in [-0.2, -0.15) is 0 Å². The molecule has 0 aliphatic rings. The number of benzene rings is 7. The van der Waals surface area contributed by atoms with Crippen molar-refractivity contribution >= 4 is 45.1 Å². The highest BCUT2D eigenvalue weighted by Gasteiger charge is 2.19. The molecule has 0 aromatic heterocycles. The van der Waals surface area contributed by atoms with Gasteiger partial charge in [-0.25, -0.2) is 9.59 Å². The first-order valence-electron chi connectivity index (χ1n) is 15.7. The standard InChI is InChI=1S/C42H32N2O4/c45-41(47-27-29-13-4-1-5-14-29)43-33-20-12-19-32(25-33)40-38-26-34(44-42(46)48-28-30-15-6-2-7-16-30)23-24-36(38)35-21-10-11-22-37(35)39(40)31-17-8-3-9-18-31/h1-26H,27-28H2,(H,43,45)(H,44,46). The smallest absolute Gasteiger partial charge is 0.411 e. The Hall–Kier alpha value is -6.40. The third-order valence-corrected chi connectivity index (χ3v) is 8.16. The summed E-state index contributed by atoms with van der Waals surface area (Å²) in [7, 11) is 0. The van der Waals surface area contributed by atoms with Crippen molar-refractivity contribution in [3.05, 3.63) is 169 Å². The molecule has 2 amide bonds. The molecule has 2 N–H and O–H groups in total. The van der Waals surface area contributed by atoms with E-state index in [1.165, 1.54) is 0 Å². The molecule has 6 heteroatoms. The van der Waals surface area contributed by atoms with Crippen LogP contribution in [0.25, 0.3) is 43.8 Å². The predicted molar refractivity (Wildman–Crippen MR) is 193 cm³/mol. The Kier molecular flexibility index (Phi) is 8.78. The third kappa shape index (κ3) is 6.73. The van der Waals surface area contributed by atoms with Gasteiger partial charge in [0.1, 0.15) is 13.2 Å². The fraction of sp³-hybridized carbons (Fsp3) is 0.0476. The van der Waals surface area contributed by atoms with Crippen molar-refractivity contribution in [2.24, 2.45) is 0 Å². The molecule has 7 aromatic carbocycles. The SMILES string of the molecule is O=C(Nc1cccc(-c2c(-c3ccccc3)c3ccccc3c3ccc(NC(=O)OCc4ccccc4)cc23)c1)OCc1ccccc1. The maximum atomic E-state index is 12.9. The molecule has 0 aliphatic heterocycles. The molecule has 6 nitrogen and oxygen atoms in total.